The third kappa shape index (κ3) is 2.81. The number of aromatic nitrogens is 1. The Kier molecular flexibility index (Phi) is 3.71. The van der Waals surface area contributed by atoms with E-state index in [4.69, 9.17) is 5.73 Å². The van der Waals surface area contributed by atoms with E-state index in [2.05, 4.69) is 26.2 Å². The van der Waals surface area contributed by atoms with Crippen LogP contribution in [0.1, 0.15) is 5.69 Å². The number of hydrogen-bond acceptors (Lipinski definition) is 3. The molecule has 0 spiro atoms. The molecule has 0 aliphatic rings. The van der Waals surface area contributed by atoms with Crippen molar-refractivity contribution in [3.05, 3.63) is 52.5 Å². The van der Waals surface area contributed by atoms with Crippen molar-refractivity contribution >= 4 is 27.3 Å². The molecule has 0 aliphatic carbocycles. The minimum Gasteiger partial charge on any atom is -0.351 e. The van der Waals surface area contributed by atoms with Crippen molar-refractivity contribution in [2.24, 2.45) is 5.73 Å². The Bertz CT molecular complexity index is 493. The molecule has 3 N–H and O–H groups in total. The number of halogens is 2. The first-order valence-corrected chi connectivity index (χ1v) is 5.86. The first-order valence-electron chi connectivity index (χ1n) is 5.06. The van der Waals surface area contributed by atoms with Crippen molar-refractivity contribution < 1.29 is 4.39 Å². The van der Waals surface area contributed by atoms with Crippen molar-refractivity contribution in [2.45, 2.75) is 6.54 Å². The monoisotopic (exact) mass is 295 g/mol. The maximum atomic E-state index is 13.5. The molecule has 0 atom stereocenters. The Morgan fingerprint density at radius 2 is 2.12 bits per heavy atom. The van der Waals surface area contributed by atoms with Crippen molar-refractivity contribution in [3.63, 3.8) is 0 Å². The quantitative estimate of drug-likeness (QED) is 0.914. The van der Waals surface area contributed by atoms with Gasteiger partial charge in [-0.25, -0.2) is 4.39 Å². The van der Waals surface area contributed by atoms with Crippen LogP contribution in [0.5, 0.6) is 0 Å². The van der Waals surface area contributed by atoms with Crippen molar-refractivity contribution in [1.29, 1.82) is 0 Å². The van der Waals surface area contributed by atoms with Crippen molar-refractivity contribution in [2.75, 3.05) is 5.32 Å². The van der Waals surface area contributed by atoms with Gasteiger partial charge in [-0.1, -0.05) is 6.07 Å². The SMILES string of the molecule is NCc1ccc(Nc2c(F)cccc2Br)cn1. The van der Waals surface area contributed by atoms with Gasteiger partial charge in [0.15, 0.2) is 0 Å². The maximum Gasteiger partial charge on any atom is 0.147 e. The van der Waals surface area contributed by atoms with Crippen LogP contribution in [0.3, 0.4) is 0 Å². The van der Waals surface area contributed by atoms with Crippen molar-refractivity contribution in [3.8, 4) is 0 Å². The Morgan fingerprint density at radius 1 is 1.29 bits per heavy atom. The van der Waals surface area contributed by atoms with Gasteiger partial charge in [0.05, 0.1) is 23.3 Å². The predicted molar refractivity (Wildman–Crippen MR) is 69.5 cm³/mol. The number of rotatable bonds is 3. The zero-order valence-corrected chi connectivity index (χ0v) is 10.5. The molecule has 0 radical (unpaired) electrons. The molecule has 2 rings (SSSR count). The number of nitrogens with one attached hydrogen (secondary N) is 1. The van der Waals surface area contributed by atoms with E-state index in [1.54, 1.807) is 24.4 Å². The van der Waals surface area contributed by atoms with Gasteiger partial charge in [0, 0.05) is 11.0 Å². The van der Waals surface area contributed by atoms with E-state index in [0.29, 0.717) is 22.4 Å². The summed E-state index contributed by atoms with van der Waals surface area (Å²) in [6.07, 6.45) is 1.63. The Hall–Kier alpha value is -1.46. The van der Waals surface area contributed by atoms with Gasteiger partial charge in [-0.15, -0.1) is 0 Å². The molecule has 1 heterocycles. The van der Waals surface area contributed by atoms with Crippen molar-refractivity contribution in [1.82, 2.24) is 4.98 Å². The minimum atomic E-state index is -0.317. The van der Waals surface area contributed by atoms with Gasteiger partial charge in [-0.3, -0.25) is 4.98 Å². The summed E-state index contributed by atoms with van der Waals surface area (Å²) in [7, 11) is 0. The third-order valence-electron chi connectivity index (χ3n) is 2.27. The summed E-state index contributed by atoms with van der Waals surface area (Å²) >= 11 is 3.29. The Morgan fingerprint density at radius 3 is 2.71 bits per heavy atom. The topological polar surface area (TPSA) is 50.9 Å². The van der Waals surface area contributed by atoms with Crippen LogP contribution in [0.15, 0.2) is 41.0 Å². The lowest BCUT2D eigenvalue weighted by molar-refractivity contribution is 0.631. The number of pyridine rings is 1. The summed E-state index contributed by atoms with van der Waals surface area (Å²) in [6.45, 7) is 0.393. The Labute approximate surface area is 107 Å². The second-order valence-corrected chi connectivity index (χ2v) is 4.32. The van der Waals surface area contributed by atoms with E-state index < -0.39 is 0 Å². The largest absolute Gasteiger partial charge is 0.351 e. The summed E-state index contributed by atoms with van der Waals surface area (Å²) in [5.74, 6) is -0.317. The molecule has 0 fully saturated rings. The summed E-state index contributed by atoms with van der Waals surface area (Å²) in [5, 5.41) is 2.97. The van der Waals surface area contributed by atoms with E-state index in [1.165, 1.54) is 6.07 Å². The second kappa shape index (κ2) is 5.25. The third-order valence-corrected chi connectivity index (χ3v) is 2.93. The van der Waals surface area contributed by atoms with Crippen LogP contribution in [0.2, 0.25) is 0 Å². The van der Waals surface area contributed by atoms with E-state index in [0.717, 1.165) is 5.69 Å². The molecule has 0 saturated heterocycles. The fraction of sp³-hybridized carbons (Fsp3) is 0.0833. The van der Waals surface area contributed by atoms with Crippen LogP contribution in [0, 0.1) is 5.82 Å². The highest BCUT2D eigenvalue weighted by Crippen LogP contribution is 2.28. The lowest BCUT2D eigenvalue weighted by Gasteiger charge is -2.09. The molecule has 5 heteroatoms. The summed E-state index contributed by atoms with van der Waals surface area (Å²) in [4.78, 5) is 4.13. The first-order chi connectivity index (χ1) is 8.20. The molecule has 0 aliphatic heterocycles. The van der Waals surface area contributed by atoms with Crippen LogP contribution in [-0.2, 0) is 6.54 Å². The standard InChI is InChI=1S/C12H11BrFN3/c13-10-2-1-3-11(14)12(10)17-9-5-4-8(6-15)16-7-9/h1-5,7,17H,6,15H2. The van der Waals surface area contributed by atoms with E-state index >= 15 is 0 Å². The number of anilines is 2. The van der Waals surface area contributed by atoms with Gasteiger partial charge < -0.3 is 11.1 Å². The molecule has 17 heavy (non-hydrogen) atoms. The van der Waals surface area contributed by atoms with Crippen LogP contribution < -0.4 is 11.1 Å². The van der Waals surface area contributed by atoms with Crippen LogP contribution in [0.25, 0.3) is 0 Å². The molecule has 1 aromatic carbocycles. The van der Waals surface area contributed by atoms with Crippen LogP contribution in [0.4, 0.5) is 15.8 Å². The highest BCUT2D eigenvalue weighted by atomic mass is 79.9. The fourth-order valence-corrected chi connectivity index (χ4v) is 1.82. The summed E-state index contributed by atoms with van der Waals surface area (Å²) in [5.41, 5.74) is 7.36. The molecule has 0 bridgehead atoms. The predicted octanol–water partition coefficient (Wildman–Crippen LogP) is 3.19. The molecule has 1 aromatic heterocycles. The van der Waals surface area contributed by atoms with Gasteiger partial charge in [0.1, 0.15) is 5.82 Å². The average Bonchev–Trinajstić information content (AvgIpc) is 2.35. The molecule has 88 valence electrons. The number of para-hydroxylation sites is 1. The van der Waals surface area contributed by atoms with Gasteiger partial charge in [-0.05, 0) is 40.2 Å². The highest BCUT2D eigenvalue weighted by molar-refractivity contribution is 9.10. The zero-order chi connectivity index (χ0) is 12.3. The second-order valence-electron chi connectivity index (χ2n) is 3.46. The van der Waals surface area contributed by atoms with Gasteiger partial charge >= 0.3 is 0 Å². The van der Waals surface area contributed by atoms with Crippen LogP contribution >= 0.6 is 15.9 Å². The van der Waals surface area contributed by atoms with Gasteiger partial charge in [0.25, 0.3) is 0 Å². The zero-order valence-electron chi connectivity index (χ0n) is 8.95. The molecule has 0 amide bonds. The smallest absolute Gasteiger partial charge is 0.147 e. The van der Waals surface area contributed by atoms with E-state index in [9.17, 15) is 4.39 Å². The first kappa shape index (κ1) is 12.0. The van der Waals surface area contributed by atoms with Gasteiger partial charge in [0.2, 0.25) is 0 Å². The highest BCUT2D eigenvalue weighted by Gasteiger charge is 2.06. The molecule has 0 unspecified atom stereocenters. The molecular formula is C12H11BrFN3. The Balaban J connectivity index is 2.25. The maximum absolute atomic E-state index is 13.5. The number of benzene rings is 1. The minimum absolute atomic E-state index is 0.317. The summed E-state index contributed by atoms with van der Waals surface area (Å²) in [6, 6.07) is 8.42. The summed E-state index contributed by atoms with van der Waals surface area (Å²) < 4.78 is 14.2. The van der Waals surface area contributed by atoms with Gasteiger partial charge in [-0.2, -0.15) is 0 Å². The lowest BCUT2D eigenvalue weighted by Crippen LogP contribution is -2.00. The fourth-order valence-electron chi connectivity index (χ4n) is 1.38. The number of nitrogens with zero attached hydrogens (tertiary/aromatic N) is 1. The molecular weight excluding hydrogens is 285 g/mol. The number of nitrogens with two attached hydrogens (primary N) is 1. The van der Waals surface area contributed by atoms with E-state index in [1.807, 2.05) is 6.07 Å². The normalized spacial score (nSPS) is 10.3. The number of hydrogen-bond donors (Lipinski definition) is 2. The van der Waals surface area contributed by atoms with E-state index in [-0.39, 0.29) is 5.82 Å². The lowest BCUT2D eigenvalue weighted by atomic mass is 10.3. The molecule has 2 aromatic rings. The van der Waals surface area contributed by atoms with Crippen LogP contribution in [-0.4, -0.2) is 4.98 Å². The average molecular weight is 296 g/mol. The molecule has 0 saturated carbocycles. The molecule has 3 nitrogen and oxygen atoms in total.